The Morgan fingerprint density at radius 2 is 2.06 bits per heavy atom. The van der Waals surface area contributed by atoms with E-state index in [1.807, 2.05) is 26.2 Å². The minimum Gasteiger partial charge on any atom is -0.501 e. The Bertz CT molecular complexity index is 689. The third-order valence-corrected chi connectivity index (χ3v) is 6.72. The molecule has 0 aromatic rings. The summed E-state index contributed by atoms with van der Waals surface area (Å²) in [5.41, 5.74) is 5.16. The van der Waals surface area contributed by atoms with Gasteiger partial charge in [0.25, 0.3) is 0 Å². The second kappa shape index (κ2) is 12.4. The fraction of sp³-hybridized carbons (Fsp3) is 0.760. The molecule has 0 radical (unpaired) electrons. The molecule has 2 rings (SSSR count). The molecule has 1 fully saturated rings. The average Bonchev–Trinajstić information content (AvgIpc) is 2.73. The number of carbonyl (C=O) groups is 2. The second-order valence-corrected chi connectivity index (χ2v) is 10.1. The number of allylic oxidation sites excluding steroid dienone is 3. The molecule has 2 amide bonds. The number of imide groups is 1. The number of alkyl carbamates (subject to hydrolysis) is 1. The van der Waals surface area contributed by atoms with E-state index in [9.17, 15) is 9.59 Å². The third kappa shape index (κ3) is 7.34. The molecule has 182 valence electrons. The summed E-state index contributed by atoms with van der Waals surface area (Å²) in [6, 6.07) is 0. The first-order valence-corrected chi connectivity index (χ1v) is 12.0. The van der Waals surface area contributed by atoms with E-state index in [1.165, 1.54) is 0 Å². The lowest BCUT2D eigenvalue weighted by molar-refractivity contribution is -0.124. The summed E-state index contributed by atoms with van der Waals surface area (Å²) in [7, 11) is 5.76. The molecule has 3 N–H and O–H groups in total. The fourth-order valence-electron chi connectivity index (χ4n) is 5.32. The maximum atomic E-state index is 13.0. The fourth-order valence-corrected chi connectivity index (χ4v) is 5.32. The van der Waals surface area contributed by atoms with Gasteiger partial charge in [-0.15, -0.1) is 0 Å². The number of hydrogen-bond acceptors (Lipinski definition) is 6. The summed E-state index contributed by atoms with van der Waals surface area (Å²) in [6.07, 6.45) is 11.1. The summed E-state index contributed by atoms with van der Waals surface area (Å²) >= 11 is 0. The lowest BCUT2D eigenvalue weighted by Crippen LogP contribution is -2.55. The predicted molar refractivity (Wildman–Crippen MR) is 127 cm³/mol. The number of ether oxygens (including phenoxy) is 2. The summed E-state index contributed by atoms with van der Waals surface area (Å²) in [6.45, 7) is 5.45. The molecule has 0 spiro atoms. The summed E-state index contributed by atoms with van der Waals surface area (Å²) in [5, 5.41) is 2.49. The van der Waals surface area contributed by atoms with Crippen molar-refractivity contribution < 1.29 is 19.1 Å². The average molecular weight is 450 g/mol. The number of hydrogen-bond donors (Lipinski definition) is 2. The van der Waals surface area contributed by atoms with Crippen molar-refractivity contribution >= 4 is 12.0 Å². The van der Waals surface area contributed by atoms with Gasteiger partial charge in [0.05, 0.1) is 12.9 Å². The molecule has 0 heterocycles. The molecule has 1 saturated carbocycles. The number of rotatable bonds is 10. The number of amides is 2. The quantitative estimate of drug-likeness (QED) is 0.526. The summed E-state index contributed by atoms with van der Waals surface area (Å²) in [5.74, 6) is 1.25. The summed E-state index contributed by atoms with van der Waals surface area (Å²) in [4.78, 5) is 27.7. The molecule has 3 unspecified atom stereocenters. The topological polar surface area (TPSA) is 93.9 Å². The van der Waals surface area contributed by atoms with Crippen LogP contribution in [0.25, 0.3) is 0 Å². The first-order chi connectivity index (χ1) is 15.2. The molecule has 0 aliphatic heterocycles. The van der Waals surface area contributed by atoms with Gasteiger partial charge in [-0.25, -0.2) is 4.79 Å². The van der Waals surface area contributed by atoms with Crippen molar-refractivity contribution in [3.8, 4) is 0 Å². The lowest BCUT2D eigenvalue weighted by atomic mass is 9.66. The van der Waals surface area contributed by atoms with Crippen LogP contribution in [0, 0.1) is 23.7 Å². The molecule has 2 aliphatic rings. The lowest BCUT2D eigenvalue weighted by Gasteiger charge is -2.48. The molecule has 0 bridgehead atoms. The highest BCUT2D eigenvalue weighted by Gasteiger charge is 2.50. The van der Waals surface area contributed by atoms with Gasteiger partial charge in [0.15, 0.2) is 0 Å². The van der Waals surface area contributed by atoms with E-state index in [2.05, 4.69) is 30.1 Å². The molecule has 7 heteroatoms. The normalized spacial score (nSPS) is 26.6. The smallest absolute Gasteiger partial charge is 0.414 e. The van der Waals surface area contributed by atoms with E-state index < -0.39 is 11.7 Å². The monoisotopic (exact) mass is 449 g/mol. The van der Waals surface area contributed by atoms with Crippen molar-refractivity contribution in [3.63, 3.8) is 0 Å². The van der Waals surface area contributed by atoms with Gasteiger partial charge in [0.2, 0.25) is 5.91 Å². The van der Waals surface area contributed by atoms with Crippen LogP contribution in [-0.2, 0) is 14.3 Å². The van der Waals surface area contributed by atoms with E-state index in [4.69, 9.17) is 15.2 Å². The van der Waals surface area contributed by atoms with E-state index in [1.54, 1.807) is 7.11 Å². The van der Waals surface area contributed by atoms with Crippen molar-refractivity contribution in [1.82, 2.24) is 10.2 Å². The predicted octanol–water partition coefficient (Wildman–Crippen LogP) is 3.85. The zero-order chi connectivity index (χ0) is 23.7. The zero-order valence-electron chi connectivity index (χ0n) is 20.6. The van der Waals surface area contributed by atoms with Crippen LogP contribution in [0.1, 0.15) is 58.8 Å². The van der Waals surface area contributed by atoms with Gasteiger partial charge in [0, 0.05) is 31.2 Å². The summed E-state index contributed by atoms with van der Waals surface area (Å²) < 4.78 is 11.7. The van der Waals surface area contributed by atoms with Crippen LogP contribution in [0.2, 0.25) is 0 Å². The minimum absolute atomic E-state index is 0.00582. The molecule has 0 aromatic carbocycles. The molecule has 32 heavy (non-hydrogen) atoms. The third-order valence-electron chi connectivity index (χ3n) is 6.72. The van der Waals surface area contributed by atoms with Crippen molar-refractivity contribution in [2.45, 2.75) is 64.4 Å². The van der Waals surface area contributed by atoms with Crippen LogP contribution in [0.4, 0.5) is 4.79 Å². The van der Waals surface area contributed by atoms with Gasteiger partial charge in [0.1, 0.15) is 5.60 Å². The van der Waals surface area contributed by atoms with Crippen LogP contribution in [0.15, 0.2) is 24.0 Å². The Morgan fingerprint density at radius 3 is 2.69 bits per heavy atom. The van der Waals surface area contributed by atoms with Gasteiger partial charge in [-0.05, 0) is 64.2 Å². The highest BCUT2D eigenvalue weighted by molar-refractivity contribution is 5.92. The zero-order valence-corrected chi connectivity index (χ0v) is 20.6. The number of nitrogens with two attached hydrogens (primary N) is 1. The van der Waals surface area contributed by atoms with E-state index >= 15 is 0 Å². The van der Waals surface area contributed by atoms with Crippen LogP contribution in [0.5, 0.6) is 0 Å². The second-order valence-electron chi connectivity index (χ2n) is 10.1. The maximum Gasteiger partial charge on any atom is 0.414 e. The Balaban J connectivity index is 2.17. The van der Waals surface area contributed by atoms with Crippen LogP contribution < -0.4 is 11.1 Å². The van der Waals surface area contributed by atoms with Gasteiger partial charge < -0.3 is 20.1 Å². The molecule has 2 aliphatic carbocycles. The Morgan fingerprint density at radius 1 is 1.31 bits per heavy atom. The molecule has 7 nitrogen and oxygen atoms in total. The van der Waals surface area contributed by atoms with Crippen molar-refractivity contribution in [3.05, 3.63) is 24.0 Å². The van der Waals surface area contributed by atoms with E-state index in [-0.39, 0.29) is 30.1 Å². The van der Waals surface area contributed by atoms with E-state index in [0.717, 1.165) is 44.4 Å². The number of carbonyl (C=O) groups excluding carboxylic acids is 2. The molecule has 4 atom stereocenters. The van der Waals surface area contributed by atoms with Gasteiger partial charge >= 0.3 is 6.09 Å². The molecule has 0 saturated heterocycles. The molecular weight excluding hydrogens is 406 g/mol. The largest absolute Gasteiger partial charge is 0.501 e. The van der Waals surface area contributed by atoms with Crippen molar-refractivity contribution in [2.75, 3.05) is 34.3 Å². The van der Waals surface area contributed by atoms with Gasteiger partial charge in [-0.1, -0.05) is 32.4 Å². The molecule has 0 aromatic heterocycles. The Kier molecular flexibility index (Phi) is 10.2. The standard InChI is InChI=1S/C25H43N3O4/c1-18(2)13-19(16-26)14-23(29)27-24(30)32-25(20-10-8-11-22(15-20)31-5)12-7-6-9-21(25)17-28(3)4/h8,10-11,18-21H,6-7,9,12-17,26H2,1-5H3,(H,27,29,30)/t19-,20?,21?,25?/m0/s1. The van der Waals surface area contributed by atoms with Crippen molar-refractivity contribution in [2.24, 2.45) is 29.4 Å². The first-order valence-electron chi connectivity index (χ1n) is 12.0. The van der Waals surface area contributed by atoms with Crippen LogP contribution >= 0.6 is 0 Å². The highest BCUT2D eigenvalue weighted by atomic mass is 16.6. The first kappa shape index (κ1) is 26.4. The number of nitrogens with one attached hydrogen (secondary N) is 1. The van der Waals surface area contributed by atoms with Crippen LogP contribution in [-0.4, -0.2) is 56.8 Å². The Hall–Kier alpha value is -1.86. The minimum atomic E-state index is -0.674. The van der Waals surface area contributed by atoms with Crippen LogP contribution in [0.3, 0.4) is 0 Å². The maximum absolute atomic E-state index is 13.0. The Labute approximate surface area is 193 Å². The van der Waals surface area contributed by atoms with Crippen molar-refractivity contribution in [1.29, 1.82) is 0 Å². The molecular formula is C25H43N3O4. The van der Waals surface area contributed by atoms with Gasteiger partial charge in [-0.3, -0.25) is 10.1 Å². The van der Waals surface area contributed by atoms with E-state index in [0.29, 0.717) is 18.9 Å². The SMILES string of the molecule is COC1=CC=CC(C2(OC(=O)NC(=O)C[C@@H](CN)CC(C)C)CCCCC2CN(C)C)C1. The van der Waals surface area contributed by atoms with Gasteiger partial charge in [-0.2, -0.15) is 0 Å². The number of methoxy groups -OCH3 is 1. The highest BCUT2D eigenvalue weighted by Crippen LogP contribution is 2.46. The number of nitrogens with zero attached hydrogens (tertiary/aromatic N) is 1.